The van der Waals surface area contributed by atoms with Gasteiger partial charge in [-0.25, -0.2) is 4.98 Å². The van der Waals surface area contributed by atoms with Crippen LogP contribution >= 0.6 is 27.3 Å². The number of hydrogen-bond donors (Lipinski definition) is 2. The van der Waals surface area contributed by atoms with Gasteiger partial charge in [-0.2, -0.15) is 5.10 Å². The Balaban J connectivity index is 1.73. The van der Waals surface area contributed by atoms with Crippen molar-refractivity contribution in [1.29, 1.82) is 0 Å². The highest BCUT2D eigenvalue weighted by Crippen LogP contribution is 2.34. The van der Waals surface area contributed by atoms with E-state index in [0.29, 0.717) is 32.2 Å². The summed E-state index contributed by atoms with van der Waals surface area (Å²) in [6.07, 6.45) is 1.56. The van der Waals surface area contributed by atoms with Crippen molar-refractivity contribution >= 4 is 44.3 Å². The first-order valence-corrected chi connectivity index (χ1v) is 9.21. The lowest BCUT2D eigenvalue weighted by atomic mass is 10.1. The topological polar surface area (TPSA) is 110 Å². The number of halogens is 1. The SMILES string of the molecule is COc1cc(C=NNc2nc(-c3cccc([N+](=O)[O-])c3)cs2)cc(Br)c1O. The van der Waals surface area contributed by atoms with Gasteiger partial charge < -0.3 is 9.84 Å². The van der Waals surface area contributed by atoms with Crippen molar-refractivity contribution in [3.05, 3.63) is 61.9 Å². The van der Waals surface area contributed by atoms with Gasteiger partial charge in [-0.1, -0.05) is 12.1 Å². The Morgan fingerprint density at radius 3 is 2.96 bits per heavy atom. The number of aromatic hydroxyl groups is 1. The van der Waals surface area contributed by atoms with Gasteiger partial charge in [0.15, 0.2) is 11.5 Å². The molecule has 3 aromatic rings. The van der Waals surface area contributed by atoms with E-state index in [1.807, 2.05) is 0 Å². The maximum atomic E-state index is 10.9. The number of phenols is 1. The van der Waals surface area contributed by atoms with Gasteiger partial charge in [-0.05, 0) is 33.6 Å². The van der Waals surface area contributed by atoms with E-state index < -0.39 is 4.92 Å². The number of aromatic nitrogens is 1. The third kappa shape index (κ3) is 4.41. The predicted octanol–water partition coefficient (Wildman–Crippen LogP) is 4.64. The Bertz CT molecular complexity index is 1020. The zero-order valence-corrected chi connectivity index (χ0v) is 16.3. The standard InChI is InChI=1S/C17H13BrN4O4S/c1-26-15-6-10(5-13(18)16(15)23)8-19-21-17-20-14(9-27-17)11-3-2-4-12(7-11)22(24)25/h2-9,23H,1H3,(H,20,21). The zero-order valence-electron chi connectivity index (χ0n) is 13.9. The summed E-state index contributed by atoms with van der Waals surface area (Å²) in [6, 6.07) is 9.62. The Morgan fingerprint density at radius 2 is 2.22 bits per heavy atom. The third-order valence-electron chi connectivity index (χ3n) is 3.50. The first-order valence-electron chi connectivity index (χ1n) is 7.54. The van der Waals surface area contributed by atoms with Crippen molar-refractivity contribution in [2.45, 2.75) is 0 Å². The molecule has 0 aliphatic heterocycles. The molecular weight excluding hydrogens is 436 g/mol. The molecule has 27 heavy (non-hydrogen) atoms. The molecule has 0 aliphatic carbocycles. The molecule has 2 aromatic carbocycles. The highest BCUT2D eigenvalue weighted by atomic mass is 79.9. The molecule has 0 bridgehead atoms. The van der Waals surface area contributed by atoms with E-state index in [1.165, 1.54) is 30.6 Å². The van der Waals surface area contributed by atoms with Crippen LogP contribution in [-0.4, -0.2) is 28.3 Å². The third-order valence-corrected chi connectivity index (χ3v) is 4.85. The van der Waals surface area contributed by atoms with Crippen LogP contribution in [0.5, 0.6) is 11.5 Å². The van der Waals surface area contributed by atoms with E-state index in [4.69, 9.17) is 4.74 Å². The molecule has 10 heteroatoms. The summed E-state index contributed by atoms with van der Waals surface area (Å²) in [7, 11) is 1.46. The smallest absolute Gasteiger partial charge is 0.270 e. The number of nitro groups is 1. The Morgan fingerprint density at radius 1 is 1.41 bits per heavy atom. The first-order chi connectivity index (χ1) is 13.0. The van der Waals surface area contributed by atoms with Crippen LogP contribution in [0.4, 0.5) is 10.8 Å². The summed E-state index contributed by atoms with van der Waals surface area (Å²) in [5.74, 6) is 0.345. The molecule has 3 rings (SSSR count). The molecule has 0 fully saturated rings. The van der Waals surface area contributed by atoms with E-state index in [-0.39, 0.29) is 11.4 Å². The number of methoxy groups -OCH3 is 1. The van der Waals surface area contributed by atoms with Crippen LogP contribution in [0, 0.1) is 10.1 Å². The fraction of sp³-hybridized carbons (Fsp3) is 0.0588. The van der Waals surface area contributed by atoms with Crippen LogP contribution in [0.3, 0.4) is 0 Å². The highest BCUT2D eigenvalue weighted by molar-refractivity contribution is 9.10. The molecule has 0 unspecified atom stereocenters. The van der Waals surface area contributed by atoms with Gasteiger partial charge in [-0.3, -0.25) is 15.5 Å². The number of hydrazone groups is 1. The fourth-order valence-corrected chi connectivity index (χ4v) is 3.35. The quantitative estimate of drug-likeness (QED) is 0.322. The van der Waals surface area contributed by atoms with Gasteiger partial charge in [0.1, 0.15) is 0 Å². The predicted molar refractivity (Wildman–Crippen MR) is 108 cm³/mol. The van der Waals surface area contributed by atoms with E-state index in [0.717, 1.165) is 0 Å². The summed E-state index contributed by atoms with van der Waals surface area (Å²) in [5.41, 5.74) is 4.82. The number of nitrogens with one attached hydrogen (secondary N) is 1. The Labute approximate surface area is 166 Å². The number of nitro benzene ring substituents is 1. The first kappa shape index (κ1) is 18.8. The molecule has 0 aliphatic rings. The Hall–Kier alpha value is -2.98. The maximum Gasteiger partial charge on any atom is 0.270 e. The number of phenolic OH excluding ortho intramolecular Hbond substituents is 1. The monoisotopic (exact) mass is 448 g/mol. The number of thiazole rings is 1. The van der Waals surface area contributed by atoms with Crippen molar-refractivity contribution in [2.24, 2.45) is 5.10 Å². The van der Waals surface area contributed by atoms with E-state index in [9.17, 15) is 15.2 Å². The number of nitrogens with zero attached hydrogens (tertiary/aromatic N) is 3. The molecule has 2 N–H and O–H groups in total. The number of rotatable bonds is 6. The molecule has 8 nitrogen and oxygen atoms in total. The lowest BCUT2D eigenvalue weighted by Gasteiger charge is -2.06. The molecule has 1 heterocycles. The average Bonchev–Trinajstić information content (AvgIpc) is 3.13. The molecule has 0 spiro atoms. The van der Waals surface area contributed by atoms with Crippen LogP contribution in [0.15, 0.2) is 51.4 Å². The van der Waals surface area contributed by atoms with E-state index >= 15 is 0 Å². The Kier molecular flexibility index (Phi) is 5.67. The molecule has 0 atom stereocenters. The number of anilines is 1. The summed E-state index contributed by atoms with van der Waals surface area (Å²) in [5, 5.41) is 27.1. The number of ether oxygens (including phenoxy) is 1. The van der Waals surface area contributed by atoms with E-state index in [2.05, 4.69) is 31.4 Å². The number of hydrogen-bond acceptors (Lipinski definition) is 8. The minimum Gasteiger partial charge on any atom is -0.503 e. The number of benzene rings is 2. The molecule has 1 aromatic heterocycles. The number of non-ortho nitro benzene ring substituents is 1. The van der Waals surface area contributed by atoms with Gasteiger partial charge in [0.05, 0.1) is 28.4 Å². The summed E-state index contributed by atoms with van der Waals surface area (Å²) < 4.78 is 5.58. The normalized spacial score (nSPS) is 10.9. The van der Waals surface area contributed by atoms with Crippen LogP contribution in [0.2, 0.25) is 0 Å². The summed E-state index contributed by atoms with van der Waals surface area (Å²) >= 11 is 4.58. The van der Waals surface area contributed by atoms with Crippen molar-refractivity contribution in [3.8, 4) is 22.8 Å². The lowest BCUT2D eigenvalue weighted by molar-refractivity contribution is -0.384. The molecule has 0 radical (unpaired) electrons. The largest absolute Gasteiger partial charge is 0.503 e. The molecular formula is C17H13BrN4O4S. The van der Waals surface area contributed by atoms with Crippen LogP contribution in [0.1, 0.15) is 5.56 Å². The van der Waals surface area contributed by atoms with Crippen molar-refractivity contribution in [1.82, 2.24) is 4.98 Å². The summed E-state index contributed by atoms with van der Waals surface area (Å²) in [4.78, 5) is 14.8. The molecule has 0 saturated carbocycles. The summed E-state index contributed by atoms with van der Waals surface area (Å²) in [6.45, 7) is 0. The second-order valence-corrected chi connectivity index (χ2v) is 6.98. The zero-order chi connectivity index (χ0) is 19.4. The average molecular weight is 449 g/mol. The second kappa shape index (κ2) is 8.14. The van der Waals surface area contributed by atoms with Crippen LogP contribution in [-0.2, 0) is 0 Å². The van der Waals surface area contributed by atoms with Gasteiger partial charge in [-0.15, -0.1) is 11.3 Å². The van der Waals surface area contributed by atoms with Gasteiger partial charge in [0.25, 0.3) is 5.69 Å². The van der Waals surface area contributed by atoms with Crippen LogP contribution < -0.4 is 10.2 Å². The molecule has 138 valence electrons. The molecule has 0 saturated heterocycles. The van der Waals surface area contributed by atoms with Crippen molar-refractivity contribution < 1.29 is 14.8 Å². The van der Waals surface area contributed by atoms with Gasteiger partial charge in [0, 0.05) is 23.1 Å². The van der Waals surface area contributed by atoms with Gasteiger partial charge in [0.2, 0.25) is 5.13 Å². The van der Waals surface area contributed by atoms with Gasteiger partial charge >= 0.3 is 0 Å². The van der Waals surface area contributed by atoms with Crippen molar-refractivity contribution in [3.63, 3.8) is 0 Å². The minimum atomic E-state index is -0.441. The second-order valence-electron chi connectivity index (χ2n) is 5.27. The van der Waals surface area contributed by atoms with Crippen molar-refractivity contribution in [2.75, 3.05) is 12.5 Å². The maximum absolute atomic E-state index is 10.9. The minimum absolute atomic E-state index is 0.0138. The lowest BCUT2D eigenvalue weighted by Crippen LogP contribution is -1.92. The van der Waals surface area contributed by atoms with E-state index in [1.54, 1.807) is 35.9 Å². The van der Waals surface area contributed by atoms with Crippen LogP contribution in [0.25, 0.3) is 11.3 Å². The molecule has 0 amide bonds. The fourth-order valence-electron chi connectivity index (χ4n) is 2.22. The highest BCUT2D eigenvalue weighted by Gasteiger charge is 2.10.